The average molecular weight is 298 g/mol. The summed E-state index contributed by atoms with van der Waals surface area (Å²) in [5, 5.41) is 0. The standard InChI is InChI=1S/C2H5I.CH3I/c1-2-3;1-2/h2H2,1H3;1H3. The van der Waals surface area contributed by atoms with Gasteiger partial charge in [0.25, 0.3) is 0 Å². The van der Waals surface area contributed by atoms with Crippen LogP contribution in [-0.4, -0.2) is 9.36 Å². The first-order valence-corrected chi connectivity index (χ1v) is 5.04. The third kappa shape index (κ3) is 30.7. The van der Waals surface area contributed by atoms with E-state index in [1.54, 1.807) is 0 Å². The number of rotatable bonds is 0. The highest BCUT2D eigenvalue weighted by atomic mass is 127. The second kappa shape index (κ2) is 17.9. The minimum absolute atomic E-state index is 1.22. The fourth-order valence-electron chi connectivity index (χ4n) is 0. The fraction of sp³-hybridized carbons (Fsp3) is 1.00. The summed E-state index contributed by atoms with van der Waals surface area (Å²) in [7, 11) is 0. The molecule has 0 saturated carbocycles. The van der Waals surface area contributed by atoms with Gasteiger partial charge in [0, 0.05) is 0 Å². The molecule has 0 aromatic carbocycles. The molecule has 2 heteroatoms. The van der Waals surface area contributed by atoms with Gasteiger partial charge in [-0.25, -0.2) is 0 Å². The van der Waals surface area contributed by atoms with Gasteiger partial charge in [-0.2, -0.15) is 0 Å². The molecule has 0 unspecified atom stereocenters. The van der Waals surface area contributed by atoms with Gasteiger partial charge >= 0.3 is 0 Å². The molecule has 0 fully saturated rings. The van der Waals surface area contributed by atoms with Gasteiger partial charge in [-0.1, -0.05) is 52.1 Å². The third-order valence-corrected chi connectivity index (χ3v) is 0. The van der Waals surface area contributed by atoms with Crippen LogP contribution in [0, 0.1) is 0 Å². The van der Waals surface area contributed by atoms with Gasteiger partial charge in [0.05, 0.1) is 0 Å². The number of hydrogen-bond acceptors (Lipinski definition) is 0. The van der Waals surface area contributed by atoms with Crippen LogP contribution >= 0.6 is 45.2 Å². The van der Waals surface area contributed by atoms with Crippen molar-refractivity contribution in [2.75, 3.05) is 9.36 Å². The van der Waals surface area contributed by atoms with E-state index in [9.17, 15) is 0 Å². The smallest absolute Gasteiger partial charge is 0.00332 e. The minimum atomic E-state index is 1.22. The number of halogens is 2. The van der Waals surface area contributed by atoms with E-state index < -0.39 is 0 Å². The minimum Gasteiger partial charge on any atom is -0.0901 e. The molecule has 0 aliphatic rings. The maximum atomic E-state index is 2.29. The van der Waals surface area contributed by atoms with Gasteiger partial charge in [0.15, 0.2) is 0 Å². The summed E-state index contributed by atoms with van der Waals surface area (Å²) in [4.78, 5) is 1.97. The molecule has 0 bridgehead atoms. The SMILES string of the molecule is CCI.CI. The van der Waals surface area contributed by atoms with Gasteiger partial charge in [-0.05, 0) is 9.36 Å². The first kappa shape index (κ1) is 9.68. The van der Waals surface area contributed by atoms with Gasteiger partial charge in [0.1, 0.15) is 0 Å². The summed E-state index contributed by atoms with van der Waals surface area (Å²) in [6, 6.07) is 0. The Bertz CT molecular complexity index is 4.85. The lowest BCUT2D eigenvalue weighted by Crippen LogP contribution is -1.33. The largest absolute Gasteiger partial charge is 0.0901 e. The van der Waals surface area contributed by atoms with E-state index >= 15 is 0 Å². The highest BCUT2D eigenvalue weighted by molar-refractivity contribution is 14.1. The molecule has 0 rings (SSSR count). The molecular formula is C3H8I2. The molecule has 0 nitrogen and oxygen atoms in total. The Morgan fingerprint density at radius 3 is 1.40 bits per heavy atom. The Labute approximate surface area is 61.0 Å². The van der Waals surface area contributed by atoms with Crippen molar-refractivity contribution < 1.29 is 0 Å². The molecule has 0 aliphatic heterocycles. The van der Waals surface area contributed by atoms with E-state index in [-0.39, 0.29) is 0 Å². The second-order valence-corrected chi connectivity index (χ2v) is 1.79. The van der Waals surface area contributed by atoms with Gasteiger partial charge < -0.3 is 0 Å². The molecule has 0 atom stereocenters. The Morgan fingerprint density at radius 1 is 1.40 bits per heavy atom. The molecule has 5 heavy (non-hydrogen) atoms. The van der Waals surface area contributed by atoms with Crippen molar-refractivity contribution in [3.8, 4) is 0 Å². The Kier molecular flexibility index (Phi) is 34.8. The van der Waals surface area contributed by atoms with Crippen LogP contribution in [0.3, 0.4) is 0 Å². The van der Waals surface area contributed by atoms with Crippen molar-refractivity contribution in [2.24, 2.45) is 0 Å². The first-order valence-electron chi connectivity index (χ1n) is 1.35. The monoisotopic (exact) mass is 298 g/mol. The van der Waals surface area contributed by atoms with Crippen molar-refractivity contribution in [1.82, 2.24) is 0 Å². The van der Waals surface area contributed by atoms with Crippen molar-refractivity contribution in [3.05, 3.63) is 0 Å². The molecule has 0 amide bonds. The zero-order valence-corrected chi connectivity index (χ0v) is 7.78. The lowest BCUT2D eigenvalue weighted by molar-refractivity contribution is 1.58. The van der Waals surface area contributed by atoms with Gasteiger partial charge in [0.2, 0.25) is 0 Å². The molecule has 0 heterocycles. The zero-order valence-electron chi connectivity index (χ0n) is 3.46. The lowest BCUT2D eigenvalue weighted by Gasteiger charge is -1.45. The van der Waals surface area contributed by atoms with Crippen molar-refractivity contribution in [3.63, 3.8) is 0 Å². The Balaban J connectivity index is 0. The molecule has 0 aromatic heterocycles. The fourth-order valence-corrected chi connectivity index (χ4v) is 0. The highest BCUT2D eigenvalue weighted by Crippen LogP contribution is 1.69. The van der Waals surface area contributed by atoms with Crippen LogP contribution in [0.2, 0.25) is 0 Å². The summed E-state index contributed by atoms with van der Waals surface area (Å²) >= 11 is 4.44. The Hall–Kier alpha value is 1.46. The lowest BCUT2D eigenvalue weighted by atomic mass is 11.0. The topological polar surface area (TPSA) is 0 Å². The summed E-state index contributed by atoms with van der Waals surface area (Å²) < 4.78 is 1.22. The van der Waals surface area contributed by atoms with Crippen LogP contribution in [0.4, 0.5) is 0 Å². The molecule has 0 N–H and O–H groups in total. The van der Waals surface area contributed by atoms with Crippen LogP contribution in [0.25, 0.3) is 0 Å². The van der Waals surface area contributed by atoms with Crippen LogP contribution in [0.5, 0.6) is 0 Å². The molecule has 0 spiro atoms. The summed E-state index contributed by atoms with van der Waals surface area (Å²) in [6.45, 7) is 2.11. The average Bonchev–Trinajstić information content (AvgIpc) is 1.46. The summed E-state index contributed by atoms with van der Waals surface area (Å²) in [5.41, 5.74) is 0. The molecule has 0 aliphatic carbocycles. The first-order chi connectivity index (χ1) is 2.41. The van der Waals surface area contributed by atoms with Crippen LogP contribution in [-0.2, 0) is 0 Å². The van der Waals surface area contributed by atoms with Gasteiger partial charge in [-0.3, -0.25) is 0 Å². The van der Waals surface area contributed by atoms with Gasteiger partial charge in [-0.15, -0.1) is 0 Å². The zero-order chi connectivity index (χ0) is 4.71. The van der Waals surface area contributed by atoms with E-state index in [0.717, 1.165) is 0 Å². The predicted molar refractivity (Wildman–Crippen MR) is 44.5 cm³/mol. The molecular weight excluding hydrogens is 290 g/mol. The summed E-state index contributed by atoms with van der Waals surface area (Å²) in [5.74, 6) is 0. The van der Waals surface area contributed by atoms with Crippen LogP contribution < -0.4 is 0 Å². The van der Waals surface area contributed by atoms with Crippen molar-refractivity contribution >= 4 is 45.2 Å². The number of alkyl halides is 2. The van der Waals surface area contributed by atoms with E-state index in [1.165, 1.54) is 4.43 Å². The van der Waals surface area contributed by atoms with Crippen LogP contribution in [0.1, 0.15) is 6.92 Å². The van der Waals surface area contributed by atoms with E-state index in [0.29, 0.717) is 0 Å². The van der Waals surface area contributed by atoms with E-state index in [1.807, 2.05) is 4.93 Å². The number of hydrogen-bond donors (Lipinski definition) is 0. The molecule has 0 saturated heterocycles. The van der Waals surface area contributed by atoms with Crippen molar-refractivity contribution in [2.45, 2.75) is 6.92 Å². The third-order valence-electron chi connectivity index (χ3n) is 0. The molecule has 0 aromatic rings. The highest BCUT2D eigenvalue weighted by Gasteiger charge is 1.38. The maximum Gasteiger partial charge on any atom is -0.00332 e. The molecule has 34 valence electrons. The normalized spacial score (nSPS) is 4.80. The summed E-state index contributed by atoms with van der Waals surface area (Å²) in [6.07, 6.45) is 0. The maximum absolute atomic E-state index is 2.29. The Morgan fingerprint density at radius 2 is 1.40 bits per heavy atom. The van der Waals surface area contributed by atoms with E-state index in [2.05, 4.69) is 52.1 Å². The predicted octanol–water partition coefficient (Wildman–Crippen LogP) is 2.49. The van der Waals surface area contributed by atoms with Crippen LogP contribution in [0.15, 0.2) is 0 Å². The quantitative estimate of drug-likeness (QED) is 0.476. The van der Waals surface area contributed by atoms with E-state index in [4.69, 9.17) is 0 Å². The second-order valence-electron chi connectivity index (χ2n) is 0.267. The molecule has 0 radical (unpaired) electrons. The van der Waals surface area contributed by atoms with Crippen molar-refractivity contribution in [1.29, 1.82) is 0 Å².